The first-order chi connectivity index (χ1) is 12.1. The van der Waals surface area contributed by atoms with Crippen LogP contribution in [0, 0.1) is 0 Å². The third-order valence-corrected chi connectivity index (χ3v) is 5.46. The lowest BCUT2D eigenvalue weighted by atomic mass is 10.1. The molecule has 142 valence electrons. The summed E-state index contributed by atoms with van der Waals surface area (Å²) in [6, 6.07) is 4.27. The molecule has 1 N–H and O–H groups in total. The average molecular weight is 383 g/mol. The Labute approximate surface area is 150 Å². The smallest absolute Gasteiger partial charge is 0.330 e. The SMILES string of the molecule is COc1ccc(OC)c(C(C)NS(=O)(=O)c2cn(C)c(=O)n(C)c2=O)c1. The van der Waals surface area contributed by atoms with Gasteiger partial charge in [0, 0.05) is 31.9 Å². The monoisotopic (exact) mass is 383 g/mol. The van der Waals surface area contributed by atoms with Gasteiger partial charge in [0.15, 0.2) is 4.90 Å². The lowest BCUT2D eigenvalue weighted by molar-refractivity contribution is 0.395. The molecule has 0 spiro atoms. The molecule has 0 saturated carbocycles. The number of rotatable bonds is 6. The van der Waals surface area contributed by atoms with Crippen LogP contribution in [-0.2, 0) is 24.1 Å². The first-order valence-electron chi connectivity index (χ1n) is 7.63. The van der Waals surface area contributed by atoms with Gasteiger partial charge >= 0.3 is 5.69 Å². The Morgan fingerprint density at radius 1 is 1.12 bits per heavy atom. The van der Waals surface area contributed by atoms with Gasteiger partial charge in [0.05, 0.1) is 14.2 Å². The van der Waals surface area contributed by atoms with Crippen molar-refractivity contribution in [1.82, 2.24) is 13.9 Å². The molecule has 0 aliphatic heterocycles. The molecule has 0 bridgehead atoms. The van der Waals surface area contributed by atoms with Crippen LogP contribution in [0.1, 0.15) is 18.5 Å². The molecule has 0 aliphatic carbocycles. The van der Waals surface area contributed by atoms with E-state index < -0.39 is 32.2 Å². The van der Waals surface area contributed by atoms with E-state index in [9.17, 15) is 18.0 Å². The summed E-state index contributed by atoms with van der Waals surface area (Å²) in [5.41, 5.74) is -0.973. The van der Waals surface area contributed by atoms with Gasteiger partial charge in [0.1, 0.15) is 11.5 Å². The number of hydrogen-bond acceptors (Lipinski definition) is 6. The maximum absolute atomic E-state index is 12.7. The van der Waals surface area contributed by atoms with Crippen molar-refractivity contribution in [2.75, 3.05) is 14.2 Å². The Morgan fingerprint density at radius 3 is 2.35 bits per heavy atom. The first kappa shape index (κ1) is 19.7. The highest BCUT2D eigenvalue weighted by Gasteiger charge is 2.25. The zero-order valence-electron chi connectivity index (χ0n) is 15.1. The van der Waals surface area contributed by atoms with E-state index in [4.69, 9.17) is 9.47 Å². The van der Waals surface area contributed by atoms with E-state index in [1.807, 2.05) is 0 Å². The fourth-order valence-electron chi connectivity index (χ4n) is 2.50. The van der Waals surface area contributed by atoms with Gasteiger partial charge in [-0.25, -0.2) is 17.9 Å². The average Bonchev–Trinajstić information content (AvgIpc) is 2.61. The van der Waals surface area contributed by atoms with Crippen molar-refractivity contribution in [3.8, 4) is 11.5 Å². The van der Waals surface area contributed by atoms with Crippen LogP contribution in [0.2, 0.25) is 0 Å². The maximum atomic E-state index is 12.7. The number of hydrogen-bond donors (Lipinski definition) is 1. The van der Waals surface area contributed by atoms with Crippen molar-refractivity contribution in [3.63, 3.8) is 0 Å². The van der Waals surface area contributed by atoms with Crippen LogP contribution < -0.4 is 25.4 Å². The molecule has 2 rings (SSSR count). The second kappa shape index (κ2) is 7.34. The van der Waals surface area contributed by atoms with Gasteiger partial charge in [-0.2, -0.15) is 0 Å². The number of ether oxygens (including phenoxy) is 2. The van der Waals surface area contributed by atoms with Crippen molar-refractivity contribution in [2.24, 2.45) is 14.1 Å². The molecular formula is C16H21N3O6S. The Hall–Kier alpha value is -2.59. The van der Waals surface area contributed by atoms with Gasteiger partial charge in [-0.15, -0.1) is 0 Å². The molecule has 0 saturated heterocycles. The van der Waals surface area contributed by atoms with Crippen LogP contribution >= 0.6 is 0 Å². The molecule has 26 heavy (non-hydrogen) atoms. The molecule has 1 unspecified atom stereocenters. The van der Waals surface area contributed by atoms with Crippen LogP contribution in [-0.4, -0.2) is 31.8 Å². The lowest BCUT2D eigenvalue weighted by Gasteiger charge is -2.18. The number of sulfonamides is 1. The van der Waals surface area contributed by atoms with Crippen molar-refractivity contribution in [2.45, 2.75) is 17.9 Å². The summed E-state index contributed by atoms with van der Waals surface area (Å²) in [6.45, 7) is 1.61. The molecule has 0 fully saturated rings. The number of nitrogens with one attached hydrogen (secondary N) is 1. The highest BCUT2D eigenvalue weighted by atomic mass is 32.2. The molecular weight excluding hydrogens is 362 g/mol. The van der Waals surface area contributed by atoms with Crippen molar-refractivity contribution < 1.29 is 17.9 Å². The minimum Gasteiger partial charge on any atom is -0.497 e. The topological polar surface area (TPSA) is 109 Å². The van der Waals surface area contributed by atoms with E-state index in [0.29, 0.717) is 17.1 Å². The molecule has 1 atom stereocenters. The maximum Gasteiger partial charge on any atom is 0.330 e. The summed E-state index contributed by atoms with van der Waals surface area (Å²) in [5.74, 6) is 0.999. The Bertz CT molecular complexity index is 1040. The predicted molar refractivity (Wildman–Crippen MR) is 95.2 cm³/mol. The molecule has 0 aliphatic rings. The number of aromatic nitrogens is 2. The minimum absolute atomic E-state index is 0.467. The van der Waals surface area contributed by atoms with Crippen LogP contribution in [0.15, 0.2) is 38.9 Å². The quantitative estimate of drug-likeness (QED) is 0.760. The predicted octanol–water partition coefficient (Wildman–Crippen LogP) is 0.141. The van der Waals surface area contributed by atoms with Gasteiger partial charge in [-0.3, -0.25) is 9.36 Å². The first-order valence-corrected chi connectivity index (χ1v) is 9.11. The summed E-state index contributed by atoms with van der Waals surface area (Å²) in [7, 11) is 1.37. The van der Waals surface area contributed by atoms with Gasteiger partial charge < -0.3 is 14.0 Å². The van der Waals surface area contributed by atoms with E-state index in [1.54, 1.807) is 25.1 Å². The minimum atomic E-state index is -4.18. The van der Waals surface area contributed by atoms with E-state index >= 15 is 0 Å². The molecule has 0 radical (unpaired) electrons. The summed E-state index contributed by atoms with van der Waals surface area (Å²) in [6.07, 6.45) is 1.00. The van der Waals surface area contributed by atoms with Crippen LogP contribution in [0.5, 0.6) is 11.5 Å². The summed E-state index contributed by atoms with van der Waals surface area (Å²) >= 11 is 0. The Kier molecular flexibility index (Phi) is 5.57. The normalized spacial score (nSPS) is 12.7. The van der Waals surface area contributed by atoms with E-state index in [2.05, 4.69) is 4.72 Å². The van der Waals surface area contributed by atoms with Gasteiger partial charge in [-0.1, -0.05) is 0 Å². The highest BCUT2D eigenvalue weighted by molar-refractivity contribution is 7.89. The van der Waals surface area contributed by atoms with Gasteiger partial charge in [0.2, 0.25) is 10.0 Å². The third kappa shape index (κ3) is 3.65. The molecule has 1 aromatic carbocycles. The summed E-state index contributed by atoms with van der Waals surface area (Å²) in [5, 5.41) is 0. The van der Waals surface area contributed by atoms with Crippen LogP contribution in [0.25, 0.3) is 0 Å². The van der Waals surface area contributed by atoms with Crippen molar-refractivity contribution in [3.05, 3.63) is 50.8 Å². The second-order valence-electron chi connectivity index (χ2n) is 5.70. The zero-order valence-corrected chi connectivity index (χ0v) is 16.0. The van der Waals surface area contributed by atoms with Crippen LogP contribution in [0.3, 0.4) is 0 Å². The second-order valence-corrected chi connectivity index (χ2v) is 7.38. The van der Waals surface area contributed by atoms with Gasteiger partial charge in [0.25, 0.3) is 5.56 Å². The third-order valence-electron chi connectivity index (χ3n) is 3.94. The molecule has 0 amide bonds. The van der Waals surface area contributed by atoms with Crippen molar-refractivity contribution in [1.29, 1.82) is 0 Å². The fourth-order valence-corrected chi connectivity index (χ4v) is 3.88. The van der Waals surface area contributed by atoms with E-state index in [0.717, 1.165) is 15.3 Å². The fraction of sp³-hybridized carbons (Fsp3) is 0.375. The Morgan fingerprint density at radius 2 is 1.77 bits per heavy atom. The molecule has 10 heteroatoms. The number of nitrogens with zero attached hydrogens (tertiary/aromatic N) is 2. The van der Waals surface area contributed by atoms with E-state index in [-0.39, 0.29) is 0 Å². The molecule has 9 nitrogen and oxygen atoms in total. The van der Waals surface area contributed by atoms with Gasteiger partial charge in [-0.05, 0) is 25.1 Å². The van der Waals surface area contributed by atoms with E-state index in [1.165, 1.54) is 28.3 Å². The highest BCUT2D eigenvalue weighted by Crippen LogP contribution is 2.29. The number of aryl methyl sites for hydroxylation is 1. The summed E-state index contributed by atoms with van der Waals surface area (Å²) in [4.78, 5) is 23.4. The summed E-state index contributed by atoms with van der Waals surface area (Å²) < 4.78 is 40.0. The molecule has 1 aromatic heterocycles. The Balaban J connectivity index is 2.48. The lowest BCUT2D eigenvalue weighted by Crippen LogP contribution is -2.41. The zero-order chi connectivity index (χ0) is 19.6. The standard InChI is InChI=1S/C16H21N3O6S/c1-10(12-8-11(24-4)6-7-13(12)25-5)17-26(22,23)14-9-18(2)16(21)19(3)15(14)20/h6-10,17H,1-5H3. The molecule has 2 aromatic rings. The number of methoxy groups -OCH3 is 2. The van der Waals surface area contributed by atoms with Crippen LogP contribution in [0.4, 0.5) is 0 Å². The molecule has 1 heterocycles. The number of benzene rings is 1. The van der Waals surface area contributed by atoms with Crippen molar-refractivity contribution >= 4 is 10.0 Å². The largest absolute Gasteiger partial charge is 0.497 e.